The number of piperazine rings is 1. The number of aromatic nitrogens is 2. The first-order valence-corrected chi connectivity index (χ1v) is 8.24. The molecule has 9 heteroatoms. The number of nitrogens with zero attached hydrogens (tertiary/aromatic N) is 4. The third-order valence-electron chi connectivity index (χ3n) is 3.85. The minimum absolute atomic E-state index is 0.0406. The van der Waals surface area contributed by atoms with E-state index in [-0.39, 0.29) is 17.2 Å². The quantitative estimate of drug-likeness (QED) is 0.884. The summed E-state index contributed by atoms with van der Waals surface area (Å²) in [6, 6.07) is 3.60. The molecule has 0 saturated carbocycles. The Bertz CT molecular complexity index is 776. The smallest absolute Gasteiger partial charge is 0.339 e. The Kier molecular flexibility index (Phi) is 4.34. The number of rotatable bonds is 3. The zero-order valence-electron chi connectivity index (χ0n) is 13.0. The highest BCUT2D eigenvalue weighted by Gasteiger charge is 2.29. The molecule has 126 valence electrons. The first kappa shape index (κ1) is 16.2. The molecule has 3 heterocycles. The lowest BCUT2D eigenvalue weighted by Crippen LogP contribution is -2.50. The molecular weight excluding hydrogens is 332 g/mol. The number of hydrogen-bond acceptors (Lipinski definition) is 5. The normalized spacial score (nSPS) is 14.7. The van der Waals surface area contributed by atoms with Crippen LogP contribution >= 0.6 is 11.3 Å². The van der Waals surface area contributed by atoms with Gasteiger partial charge in [0.25, 0.3) is 11.8 Å². The van der Waals surface area contributed by atoms with Crippen LogP contribution in [-0.2, 0) is 7.05 Å². The number of carbonyl (C=O) groups excluding carboxylic acids is 2. The second-order valence-electron chi connectivity index (χ2n) is 5.43. The van der Waals surface area contributed by atoms with Crippen molar-refractivity contribution in [1.82, 2.24) is 19.6 Å². The van der Waals surface area contributed by atoms with Crippen molar-refractivity contribution >= 4 is 29.1 Å². The van der Waals surface area contributed by atoms with Crippen LogP contribution < -0.4 is 0 Å². The van der Waals surface area contributed by atoms with E-state index in [1.165, 1.54) is 27.1 Å². The monoisotopic (exact) mass is 348 g/mol. The number of aryl methyl sites for hydroxylation is 1. The molecule has 1 saturated heterocycles. The summed E-state index contributed by atoms with van der Waals surface area (Å²) in [5.74, 6) is -1.64. The third kappa shape index (κ3) is 3.02. The van der Waals surface area contributed by atoms with Gasteiger partial charge in [0.15, 0.2) is 5.69 Å². The summed E-state index contributed by atoms with van der Waals surface area (Å²) in [6.07, 6.45) is 1.31. The van der Waals surface area contributed by atoms with E-state index in [1.54, 1.807) is 18.0 Å². The van der Waals surface area contributed by atoms with Gasteiger partial charge in [-0.05, 0) is 11.4 Å². The minimum Gasteiger partial charge on any atom is -0.478 e. The predicted molar refractivity (Wildman–Crippen MR) is 86.3 cm³/mol. The van der Waals surface area contributed by atoms with Crippen LogP contribution in [0.1, 0.15) is 30.5 Å². The van der Waals surface area contributed by atoms with E-state index in [4.69, 9.17) is 0 Å². The van der Waals surface area contributed by atoms with Gasteiger partial charge in [-0.3, -0.25) is 14.3 Å². The second-order valence-corrected chi connectivity index (χ2v) is 6.38. The van der Waals surface area contributed by atoms with Gasteiger partial charge in [0.1, 0.15) is 5.56 Å². The summed E-state index contributed by atoms with van der Waals surface area (Å²) in [4.78, 5) is 40.0. The van der Waals surface area contributed by atoms with Gasteiger partial charge in [-0.2, -0.15) is 5.10 Å². The molecule has 1 aliphatic heterocycles. The molecule has 2 amide bonds. The minimum atomic E-state index is -1.18. The molecule has 1 aliphatic rings. The molecule has 0 unspecified atom stereocenters. The van der Waals surface area contributed by atoms with Gasteiger partial charge in [-0.25, -0.2) is 4.79 Å². The Balaban J connectivity index is 1.67. The molecule has 0 radical (unpaired) electrons. The summed E-state index contributed by atoms with van der Waals surface area (Å²) in [6.45, 7) is 1.53. The third-order valence-corrected chi connectivity index (χ3v) is 4.71. The van der Waals surface area contributed by atoms with Crippen LogP contribution in [0.4, 0.5) is 0 Å². The molecule has 24 heavy (non-hydrogen) atoms. The summed E-state index contributed by atoms with van der Waals surface area (Å²) in [5.41, 5.74) is -0.178. The van der Waals surface area contributed by atoms with Gasteiger partial charge in [-0.1, -0.05) is 6.07 Å². The van der Waals surface area contributed by atoms with E-state index in [1.807, 2.05) is 11.4 Å². The van der Waals surface area contributed by atoms with Crippen LogP contribution in [0.2, 0.25) is 0 Å². The molecule has 1 fully saturated rings. The first-order valence-electron chi connectivity index (χ1n) is 7.36. The Morgan fingerprint density at radius 1 is 1.12 bits per heavy atom. The van der Waals surface area contributed by atoms with E-state index in [2.05, 4.69) is 5.10 Å². The van der Waals surface area contributed by atoms with Gasteiger partial charge in [0, 0.05) is 39.4 Å². The summed E-state index contributed by atoms with van der Waals surface area (Å²) < 4.78 is 1.31. The topological polar surface area (TPSA) is 95.7 Å². The highest BCUT2D eigenvalue weighted by atomic mass is 32.1. The molecule has 8 nitrogen and oxygen atoms in total. The Morgan fingerprint density at radius 3 is 2.29 bits per heavy atom. The van der Waals surface area contributed by atoms with Crippen LogP contribution in [0.25, 0.3) is 0 Å². The molecular formula is C15H16N4O4S. The number of aromatic carboxylic acids is 1. The lowest BCUT2D eigenvalue weighted by molar-refractivity contribution is 0.0530. The van der Waals surface area contributed by atoms with Crippen LogP contribution in [0.15, 0.2) is 23.7 Å². The van der Waals surface area contributed by atoms with Gasteiger partial charge in [-0.15, -0.1) is 11.3 Å². The lowest BCUT2D eigenvalue weighted by Gasteiger charge is -2.34. The lowest BCUT2D eigenvalue weighted by atomic mass is 10.2. The SMILES string of the molecule is Cn1cc(C(=O)O)c(C(=O)N2CCN(C(=O)c3cccs3)CC2)n1. The molecule has 0 spiro atoms. The average Bonchev–Trinajstić information content (AvgIpc) is 3.23. The number of hydrogen-bond donors (Lipinski definition) is 1. The highest BCUT2D eigenvalue weighted by molar-refractivity contribution is 7.12. The van der Waals surface area contributed by atoms with Crippen LogP contribution in [-0.4, -0.2) is 68.6 Å². The van der Waals surface area contributed by atoms with E-state index < -0.39 is 11.9 Å². The fourth-order valence-electron chi connectivity index (χ4n) is 2.62. The highest BCUT2D eigenvalue weighted by Crippen LogP contribution is 2.16. The Hall–Kier alpha value is -2.68. The molecule has 0 atom stereocenters. The van der Waals surface area contributed by atoms with Crippen molar-refractivity contribution in [2.75, 3.05) is 26.2 Å². The maximum absolute atomic E-state index is 12.5. The fourth-order valence-corrected chi connectivity index (χ4v) is 3.31. The summed E-state index contributed by atoms with van der Waals surface area (Å²) in [5, 5.41) is 15.0. The molecule has 0 aromatic carbocycles. The molecule has 2 aromatic heterocycles. The summed E-state index contributed by atoms with van der Waals surface area (Å²) in [7, 11) is 1.57. The maximum Gasteiger partial charge on any atom is 0.339 e. The van der Waals surface area contributed by atoms with Crippen LogP contribution in [0.3, 0.4) is 0 Å². The van der Waals surface area contributed by atoms with E-state index in [0.717, 1.165) is 0 Å². The van der Waals surface area contributed by atoms with Crippen molar-refractivity contribution in [3.8, 4) is 0 Å². The van der Waals surface area contributed by atoms with Crippen LogP contribution in [0, 0.1) is 0 Å². The maximum atomic E-state index is 12.5. The van der Waals surface area contributed by atoms with Crippen molar-refractivity contribution in [1.29, 1.82) is 0 Å². The number of amides is 2. The number of thiophene rings is 1. The Morgan fingerprint density at radius 2 is 1.75 bits per heavy atom. The number of carboxylic acids is 1. The van der Waals surface area contributed by atoms with E-state index >= 15 is 0 Å². The predicted octanol–water partition coefficient (Wildman–Crippen LogP) is 0.778. The fraction of sp³-hybridized carbons (Fsp3) is 0.333. The Labute approximate surface area is 141 Å². The number of carboxylic acid groups (broad SMARTS) is 1. The standard InChI is InChI=1S/C15H16N4O4S/c1-17-9-10(15(22)23)12(16-17)14(21)19-6-4-18(5-7-19)13(20)11-3-2-8-24-11/h2-3,8-9H,4-7H2,1H3,(H,22,23). The molecule has 2 aromatic rings. The average molecular weight is 348 g/mol. The molecule has 3 rings (SSSR count). The van der Waals surface area contributed by atoms with Gasteiger partial charge in [0.05, 0.1) is 4.88 Å². The van der Waals surface area contributed by atoms with Crippen molar-refractivity contribution in [3.05, 3.63) is 39.8 Å². The molecule has 1 N–H and O–H groups in total. The van der Waals surface area contributed by atoms with Gasteiger partial charge >= 0.3 is 5.97 Å². The number of carbonyl (C=O) groups is 3. The zero-order chi connectivity index (χ0) is 17.3. The summed E-state index contributed by atoms with van der Waals surface area (Å²) >= 11 is 1.39. The van der Waals surface area contributed by atoms with Crippen molar-refractivity contribution in [2.45, 2.75) is 0 Å². The van der Waals surface area contributed by atoms with Crippen molar-refractivity contribution in [3.63, 3.8) is 0 Å². The van der Waals surface area contributed by atoms with E-state index in [0.29, 0.717) is 31.1 Å². The molecule has 0 aliphatic carbocycles. The second kappa shape index (κ2) is 6.44. The largest absolute Gasteiger partial charge is 0.478 e. The zero-order valence-corrected chi connectivity index (χ0v) is 13.8. The van der Waals surface area contributed by atoms with Crippen LogP contribution in [0.5, 0.6) is 0 Å². The van der Waals surface area contributed by atoms with Gasteiger partial charge < -0.3 is 14.9 Å². The first-order chi connectivity index (χ1) is 11.5. The van der Waals surface area contributed by atoms with Crippen molar-refractivity contribution in [2.24, 2.45) is 7.05 Å². The van der Waals surface area contributed by atoms with E-state index in [9.17, 15) is 19.5 Å². The van der Waals surface area contributed by atoms with Crippen molar-refractivity contribution < 1.29 is 19.5 Å². The van der Waals surface area contributed by atoms with Gasteiger partial charge in [0.2, 0.25) is 0 Å². The molecule has 0 bridgehead atoms.